The summed E-state index contributed by atoms with van der Waals surface area (Å²) in [6.07, 6.45) is 4.75. The summed E-state index contributed by atoms with van der Waals surface area (Å²) >= 11 is 0. The molecular weight excluding hydrogens is 662 g/mol. The molecule has 0 atom stereocenters. The third-order valence-electron chi connectivity index (χ3n) is 5.86. The van der Waals surface area contributed by atoms with Gasteiger partial charge in [-0.25, -0.2) is 0 Å². The second-order valence-corrected chi connectivity index (χ2v) is 22.3. The summed E-state index contributed by atoms with van der Waals surface area (Å²) in [6, 6.07) is 6.03. The van der Waals surface area contributed by atoms with E-state index >= 15 is 0 Å². The van der Waals surface area contributed by atoms with Crippen molar-refractivity contribution >= 4 is 35.3 Å². The minimum Gasteiger partial charge on any atom is -0.545 e. The van der Waals surface area contributed by atoms with Crippen molar-refractivity contribution in [3.8, 4) is 5.75 Å². The summed E-state index contributed by atoms with van der Waals surface area (Å²) in [5, 5.41) is 12.0. The first kappa shape index (κ1) is 47.3. The minimum atomic E-state index is -6.00. The van der Waals surface area contributed by atoms with Gasteiger partial charge >= 0.3 is 26.7 Å². The number of halogens is 4. The van der Waals surface area contributed by atoms with E-state index in [0.717, 1.165) is 6.54 Å². The number of aromatic carboxylic acids is 1. The van der Waals surface area contributed by atoms with Crippen molar-refractivity contribution in [1.82, 2.24) is 6.15 Å². The third-order valence-corrected chi connectivity index (χ3v) is 14.4. The smallest absolute Gasteiger partial charge is 0.545 e. The van der Waals surface area contributed by atoms with Crippen molar-refractivity contribution in [1.29, 1.82) is 0 Å². The molecule has 5 nitrogen and oxygen atoms in total. The van der Waals surface area contributed by atoms with Crippen molar-refractivity contribution in [3.63, 3.8) is 0 Å². The van der Waals surface area contributed by atoms with Crippen molar-refractivity contribution in [2.75, 3.05) is 26.0 Å². The molecule has 0 aromatic heterocycles. The Balaban J connectivity index is -0.000000314. The Kier molecular flexibility index (Phi) is 22.6. The summed E-state index contributed by atoms with van der Waals surface area (Å²) in [6.45, 7) is 29.9. The maximum absolute atomic E-state index is 10.2. The summed E-state index contributed by atoms with van der Waals surface area (Å²) in [5.41, 5.74) is 0.158. The zero-order chi connectivity index (χ0) is 31.5. The normalized spacial score (nSPS) is 12.5. The summed E-state index contributed by atoms with van der Waals surface area (Å²) in [5.74, 6) is -0.539. The number of carboxylic acids is 1. The number of ether oxygens (including phenoxy) is 1. The van der Waals surface area contributed by atoms with Gasteiger partial charge in [0.1, 0.15) is 5.75 Å². The maximum Gasteiger partial charge on any atom is 3.00 e. The number of benzene rings is 1. The quantitative estimate of drug-likeness (QED) is 0.133. The number of carbonyl (C=O) groups excluding carboxylic acids is 1. The van der Waals surface area contributed by atoms with Gasteiger partial charge in [0.2, 0.25) is 0 Å². The Morgan fingerprint density at radius 3 is 1.44 bits per heavy atom. The van der Waals surface area contributed by atoms with Crippen LogP contribution in [0, 0.1) is 0 Å². The number of methoxy groups -OCH3 is 1. The molecule has 241 valence electrons. The summed E-state index contributed by atoms with van der Waals surface area (Å²) < 4.78 is 43.8. The summed E-state index contributed by atoms with van der Waals surface area (Å²) in [7, 11) is -5.39. The van der Waals surface area contributed by atoms with Gasteiger partial charge < -0.3 is 38.1 Å². The molecule has 0 saturated carbocycles. The number of hydrogen-bond acceptors (Lipinski definition) is 5. The van der Waals surface area contributed by atoms with Gasteiger partial charge in [-0.3, -0.25) is 4.99 Å². The van der Waals surface area contributed by atoms with Crippen LogP contribution in [0.1, 0.15) is 93.4 Å². The van der Waals surface area contributed by atoms with Crippen LogP contribution in [0.5, 0.6) is 5.75 Å². The molecular formula is C28H55BF4N2O3P2Ru+3. The fraction of sp³-hybridized carbons (Fsp3) is 0.714. The number of nitrogens with zero attached hydrogens (tertiary/aromatic N) is 1. The van der Waals surface area contributed by atoms with Crippen LogP contribution in [0.25, 0.3) is 0 Å². The van der Waals surface area contributed by atoms with Crippen LogP contribution in [0.15, 0.2) is 29.3 Å². The molecule has 3 N–H and O–H groups in total. The Morgan fingerprint density at radius 2 is 1.17 bits per heavy atom. The molecule has 0 aliphatic rings. The van der Waals surface area contributed by atoms with Gasteiger partial charge in [0.25, 0.3) is 0 Å². The van der Waals surface area contributed by atoms with E-state index < -0.39 is 29.1 Å². The monoisotopic (exact) mass is 718 g/mol. The first-order valence-corrected chi connectivity index (χ1v) is 16.6. The molecule has 0 aliphatic heterocycles. The Hall–Kier alpha value is -0.612. The molecule has 0 spiro atoms. The van der Waals surface area contributed by atoms with Crippen molar-refractivity contribution in [2.24, 2.45) is 4.99 Å². The molecule has 1 rings (SSSR count). The zero-order valence-electron chi connectivity index (χ0n) is 27.3. The van der Waals surface area contributed by atoms with Crippen LogP contribution in [-0.4, -0.2) is 66.0 Å². The zero-order valence-corrected chi connectivity index (χ0v) is 31.1. The maximum atomic E-state index is 10.2. The van der Waals surface area contributed by atoms with E-state index in [2.05, 4.69) is 89.3 Å². The van der Waals surface area contributed by atoms with E-state index in [4.69, 9.17) is 9.73 Å². The minimum absolute atomic E-state index is 0. The van der Waals surface area contributed by atoms with Crippen LogP contribution in [0.2, 0.25) is 0 Å². The Labute approximate surface area is 262 Å². The third kappa shape index (κ3) is 24.5. The molecule has 0 saturated heterocycles. The molecule has 1 radical (unpaired) electrons. The van der Waals surface area contributed by atoms with E-state index in [1.54, 1.807) is 12.1 Å². The Morgan fingerprint density at radius 1 is 0.829 bits per heavy atom. The van der Waals surface area contributed by atoms with Crippen molar-refractivity contribution in [3.05, 3.63) is 29.8 Å². The number of carboxylic acid groups (broad SMARTS) is 1. The number of aliphatic imine (C=N–C) groups is 1. The molecule has 1 aromatic carbocycles. The van der Waals surface area contributed by atoms with Gasteiger partial charge in [0.15, 0.2) is 0 Å². The predicted octanol–water partition coefficient (Wildman–Crippen LogP) is 8.20. The number of rotatable bonds is 7. The van der Waals surface area contributed by atoms with Crippen LogP contribution < -0.4 is 16.0 Å². The number of hydrogen-bond donors (Lipinski definition) is 1. The average Bonchev–Trinajstić information content (AvgIpc) is 2.68. The fourth-order valence-electron chi connectivity index (χ4n) is 4.76. The predicted molar refractivity (Wildman–Crippen MR) is 171 cm³/mol. The van der Waals surface area contributed by atoms with Gasteiger partial charge in [-0.2, -0.15) is 0 Å². The molecule has 0 unspecified atom stereocenters. The topological polar surface area (TPSA) is 96.7 Å². The fourth-order valence-corrected chi connectivity index (χ4v) is 12.7. The SMILES string of the molecule is CC(C)(C)[PH+](CC=NCC[PH+](C(C)(C)C)C(C)(C)C)C(C)(C)C.COc1ccc(C(=O)[O-])cc1.F[B-](F)(F)F.N.[Ru+3]. The van der Waals surface area contributed by atoms with Crippen LogP contribution in [0.3, 0.4) is 0 Å². The van der Waals surface area contributed by atoms with E-state index in [1.807, 2.05) is 0 Å². The molecule has 0 amide bonds. The molecule has 0 heterocycles. The molecule has 0 fully saturated rings. The van der Waals surface area contributed by atoms with Gasteiger partial charge in [-0.1, -0.05) is 0 Å². The molecule has 41 heavy (non-hydrogen) atoms. The molecule has 1 aromatic rings. The largest absolute Gasteiger partial charge is 3.00 e. The molecule has 0 aliphatic carbocycles. The van der Waals surface area contributed by atoms with Crippen LogP contribution in [-0.2, 0) is 19.5 Å². The second-order valence-electron chi connectivity index (χ2n) is 13.5. The van der Waals surface area contributed by atoms with Crippen LogP contribution >= 0.6 is 15.8 Å². The van der Waals surface area contributed by atoms with E-state index in [9.17, 15) is 27.2 Å². The van der Waals surface area contributed by atoms with Gasteiger partial charge in [-0.05, 0) is 113 Å². The van der Waals surface area contributed by atoms with Gasteiger partial charge in [0.05, 0.1) is 52.6 Å². The second kappa shape index (κ2) is 19.6. The molecule has 13 heteroatoms. The van der Waals surface area contributed by atoms with Gasteiger partial charge in [0, 0.05) is 22.1 Å². The number of carbonyl (C=O) groups is 1. The van der Waals surface area contributed by atoms with Crippen LogP contribution in [0.4, 0.5) is 17.3 Å². The standard InChI is InChI=1S/C20H43NP2.C8H8O3.BF4.H3N.Ru/c1-17(2,3)22(18(4,5)6)15-13-21-14-16-23(19(7,8)9)20(10,11)12;1-11-7-4-2-6(3-5-7)8(9)10;2-1(3,4)5;;/h13H,14-16H2,1-12H3;2-5H,1H3,(H,9,10);;1H3;/q;;-1;;+3/p+1. The van der Waals surface area contributed by atoms with E-state index in [1.165, 1.54) is 31.6 Å². The first-order chi connectivity index (χ1) is 17.2. The first-order valence-electron chi connectivity index (χ1n) is 13.2. The average molecular weight is 718 g/mol. The summed E-state index contributed by atoms with van der Waals surface area (Å²) in [4.78, 5) is 15.1. The Bertz CT molecular complexity index is 845. The van der Waals surface area contributed by atoms with Gasteiger partial charge in [-0.15, -0.1) is 0 Å². The van der Waals surface area contributed by atoms with Crippen molar-refractivity contribution in [2.45, 2.75) is 104 Å². The van der Waals surface area contributed by atoms with E-state index in [-0.39, 0.29) is 31.2 Å². The molecule has 0 bridgehead atoms. The van der Waals surface area contributed by atoms with E-state index in [0.29, 0.717) is 26.4 Å². The van der Waals surface area contributed by atoms with Crippen molar-refractivity contribution < 1.29 is 51.4 Å².